The zero-order valence-electron chi connectivity index (χ0n) is 8.85. The van der Waals surface area contributed by atoms with Gasteiger partial charge in [-0.3, -0.25) is 0 Å². The van der Waals surface area contributed by atoms with Crippen LogP contribution in [0.25, 0.3) is 11.5 Å². The van der Waals surface area contributed by atoms with Crippen molar-refractivity contribution in [3.05, 3.63) is 33.7 Å². The molecule has 0 radical (unpaired) electrons. The standard InChI is InChI=1S/C11H12IN3O/c1-7(13)6-10-14-11(16-15-10)8-4-2-3-5-9(8)12/h2-5,7H,6,13H2,1H3. The summed E-state index contributed by atoms with van der Waals surface area (Å²) in [5.41, 5.74) is 6.64. The predicted molar refractivity (Wildman–Crippen MR) is 69.8 cm³/mol. The van der Waals surface area contributed by atoms with Gasteiger partial charge in [-0.25, -0.2) is 0 Å². The highest BCUT2D eigenvalue weighted by molar-refractivity contribution is 14.1. The average Bonchev–Trinajstić information content (AvgIpc) is 2.66. The SMILES string of the molecule is CC(N)Cc1noc(-c2ccccc2I)n1. The van der Waals surface area contributed by atoms with Crippen molar-refractivity contribution >= 4 is 22.6 Å². The predicted octanol–water partition coefficient (Wildman–Crippen LogP) is 2.23. The lowest BCUT2D eigenvalue weighted by Crippen LogP contribution is -2.18. The molecule has 0 fully saturated rings. The summed E-state index contributed by atoms with van der Waals surface area (Å²) in [4.78, 5) is 4.32. The van der Waals surface area contributed by atoms with Gasteiger partial charge in [-0.15, -0.1) is 0 Å². The molecular formula is C11H12IN3O. The second kappa shape index (κ2) is 4.92. The zero-order valence-corrected chi connectivity index (χ0v) is 11.0. The Kier molecular flexibility index (Phi) is 3.55. The number of rotatable bonds is 3. The maximum Gasteiger partial charge on any atom is 0.258 e. The number of hydrogen-bond acceptors (Lipinski definition) is 4. The Hall–Kier alpha value is -0.950. The topological polar surface area (TPSA) is 64.9 Å². The van der Waals surface area contributed by atoms with Crippen LogP contribution < -0.4 is 5.73 Å². The van der Waals surface area contributed by atoms with Crippen molar-refractivity contribution in [2.24, 2.45) is 5.73 Å². The van der Waals surface area contributed by atoms with Gasteiger partial charge in [0.05, 0.1) is 5.56 Å². The Bertz CT molecular complexity index is 482. The van der Waals surface area contributed by atoms with Crippen LogP contribution in [0.5, 0.6) is 0 Å². The van der Waals surface area contributed by atoms with E-state index in [0.29, 0.717) is 18.1 Å². The Balaban J connectivity index is 2.28. The van der Waals surface area contributed by atoms with Crippen LogP contribution in [0.15, 0.2) is 28.8 Å². The summed E-state index contributed by atoms with van der Waals surface area (Å²) >= 11 is 2.25. The van der Waals surface area contributed by atoms with Crippen molar-refractivity contribution in [2.45, 2.75) is 19.4 Å². The smallest absolute Gasteiger partial charge is 0.258 e. The summed E-state index contributed by atoms with van der Waals surface area (Å²) in [5, 5.41) is 3.90. The molecule has 0 spiro atoms. The van der Waals surface area contributed by atoms with E-state index in [9.17, 15) is 0 Å². The van der Waals surface area contributed by atoms with E-state index in [4.69, 9.17) is 10.3 Å². The first kappa shape index (κ1) is 11.5. The normalized spacial score (nSPS) is 12.7. The minimum Gasteiger partial charge on any atom is -0.334 e. The van der Waals surface area contributed by atoms with Gasteiger partial charge < -0.3 is 10.3 Å². The van der Waals surface area contributed by atoms with Crippen molar-refractivity contribution in [1.29, 1.82) is 0 Å². The molecule has 1 aromatic carbocycles. The van der Waals surface area contributed by atoms with E-state index in [1.54, 1.807) is 0 Å². The molecule has 0 aliphatic rings. The quantitative estimate of drug-likeness (QED) is 0.877. The summed E-state index contributed by atoms with van der Waals surface area (Å²) in [7, 11) is 0. The van der Waals surface area contributed by atoms with E-state index in [0.717, 1.165) is 9.13 Å². The molecular weight excluding hydrogens is 317 g/mol. The fraction of sp³-hybridized carbons (Fsp3) is 0.273. The first-order valence-electron chi connectivity index (χ1n) is 5.00. The molecule has 84 valence electrons. The summed E-state index contributed by atoms with van der Waals surface area (Å²) in [6, 6.07) is 7.94. The number of nitrogens with zero attached hydrogens (tertiary/aromatic N) is 2. The third-order valence-corrected chi connectivity index (χ3v) is 3.02. The van der Waals surface area contributed by atoms with Gasteiger partial charge in [-0.2, -0.15) is 4.98 Å². The highest BCUT2D eigenvalue weighted by atomic mass is 127. The summed E-state index contributed by atoms with van der Waals surface area (Å²) in [6.07, 6.45) is 0.632. The van der Waals surface area contributed by atoms with Gasteiger partial charge in [0.15, 0.2) is 5.82 Å². The molecule has 0 aliphatic carbocycles. The van der Waals surface area contributed by atoms with E-state index < -0.39 is 0 Å². The van der Waals surface area contributed by atoms with Gasteiger partial charge in [0.2, 0.25) is 0 Å². The highest BCUT2D eigenvalue weighted by Crippen LogP contribution is 2.23. The van der Waals surface area contributed by atoms with Crippen molar-refractivity contribution in [3.8, 4) is 11.5 Å². The minimum atomic E-state index is 0.0419. The molecule has 1 heterocycles. The fourth-order valence-corrected chi connectivity index (χ4v) is 1.99. The van der Waals surface area contributed by atoms with Crippen molar-refractivity contribution in [2.75, 3.05) is 0 Å². The number of halogens is 1. The van der Waals surface area contributed by atoms with Gasteiger partial charge in [-0.1, -0.05) is 17.3 Å². The lowest BCUT2D eigenvalue weighted by Gasteiger charge is -1.98. The van der Waals surface area contributed by atoms with Crippen molar-refractivity contribution in [3.63, 3.8) is 0 Å². The van der Waals surface area contributed by atoms with E-state index in [1.165, 1.54) is 0 Å². The monoisotopic (exact) mass is 329 g/mol. The van der Waals surface area contributed by atoms with Crippen LogP contribution in [0.1, 0.15) is 12.7 Å². The first-order valence-corrected chi connectivity index (χ1v) is 6.08. The molecule has 1 unspecified atom stereocenters. The lowest BCUT2D eigenvalue weighted by atomic mass is 10.2. The van der Waals surface area contributed by atoms with Crippen molar-refractivity contribution < 1.29 is 4.52 Å². The third-order valence-electron chi connectivity index (χ3n) is 2.08. The van der Waals surface area contributed by atoms with Gasteiger partial charge in [0.1, 0.15) is 0 Å². The van der Waals surface area contributed by atoms with E-state index in [2.05, 4.69) is 32.7 Å². The molecule has 0 aliphatic heterocycles. The molecule has 0 saturated heterocycles. The van der Waals surface area contributed by atoms with Crippen LogP contribution in [0, 0.1) is 3.57 Å². The largest absolute Gasteiger partial charge is 0.334 e. The first-order chi connectivity index (χ1) is 7.66. The number of benzene rings is 1. The highest BCUT2D eigenvalue weighted by Gasteiger charge is 2.11. The Labute approximate surface area is 107 Å². The van der Waals surface area contributed by atoms with Crippen LogP contribution >= 0.6 is 22.6 Å². The molecule has 2 aromatic rings. The minimum absolute atomic E-state index is 0.0419. The Morgan fingerprint density at radius 3 is 2.88 bits per heavy atom. The lowest BCUT2D eigenvalue weighted by molar-refractivity contribution is 0.420. The molecule has 2 rings (SSSR count). The molecule has 16 heavy (non-hydrogen) atoms. The van der Waals surface area contributed by atoms with E-state index in [1.807, 2.05) is 31.2 Å². The maximum atomic E-state index is 5.68. The maximum absolute atomic E-state index is 5.68. The van der Waals surface area contributed by atoms with Crippen LogP contribution in [-0.2, 0) is 6.42 Å². The van der Waals surface area contributed by atoms with Gasteiger partial charge >= 0.3 is 0 Å². The van der Waals surface area contributed by atoms with Gasteiger partial charge in [-0.05, 0) is 41.6 Å². The second-order valence-corrected chi connectivity index (χ2v) is 4.84. The van der Waals surface area contributed by atoms with Crippen LogP contribution in [0.3, 0.4) is 0 Å². The molecule has 0 bridgehead atoms. The summed E-state index contributed by atoms with van der Waals surface area (Å²) in [5.74, 6) is 1.21. The van der Waals surface area contributed by atoms with Crippen LogP contribution in [0.2, 0.25) is 0 Å². The Morgan fingerprint density at radius 2 is 2.19 bits per heavy atom. The zero-order chi connectivity index (χ0) is 11.5. The average molecular weight is 329 g/mol. The molecule has 0 amide bonds. The van der Waals surface area contributed by atoms with E-state index >= 15 is 0 Å². The molecule has 2 N–H and O–H groups in total. The summed E-state index contributed by atoms with van der Waals surface area (Å²) in [6.45, 7) is 1.92. The second-order valence-electron chi connectivity index (χ2n) is 3.68. The third kappa shape index (κ3) is 2.59. The number of hydrogen-bond donors (Lipinski definition) is 1. The number of aromatic nitrogens is 2. The van der Waals surface area contributed by atoms with Crippen molar-refractivity contribution in [1.82, 2.24) is 10.1 Å². The molecule has 0 saturated carbocycles. The molecule has 4 nitrogen and oxygen atoms in total. The molecule has 1 atom stereocenters. The Morgan fingerprint density at radius 1 is 1.44 bits per heavy atom. The van der Waals surface area contributed by atoms with Crippen LogP contribution in [0.4, 0.5) is 0 Å². The van der Waals surface area contributed by atoms with Gasteiger partial charge in [0, 0.05) is 16.0 Å². The van der Waals surface area contributed by atoms with Crippen LogP contribution in [-0.4, -0.2) is 16.2 Å². The fourth-order valence-electron chi connectivity index (χ4n) is 1.37. The number of nitrogens with two attached hydrogens (primary N) is 1. The van der Waals surface area contributed by atoms with Gasteiger partial charge in [0.25, 0.3) is 5.89 Å². The van der Waals surface area contributed by atoms with E-state index in [-0.39, 0.29) is 6.04 Å². The molecule has 5 heteroatoms. The summed E-state index contributed by atoms with van der Waals surface area (Å²) < 4.78 is 6.30. The molecule has 1 aromatic heterocycles.